The number of pyridine rings is 1. The van der Waals surface area contributed by atoms with Gasteiger partial charge < -0.3 is 10.8 Å². The van der Waals surface area contributed by atoms with Crippen molar-refractivity contribution in [1.82, 2.24) is 4.98 Å². The summed E-state index contributed by atoms with van der Waals surface area (Å²) in [5.74, 6) is 0. The van der Waals surface area contributed by atoms with Gasteiger partial charge in [0.25, 0.3) is 0 Å². The summed E-state index contributed by atoms with van der Waals surface area (Å²) < 4.78 is 0. The molecule has 0 amide bonds. The lowest BCUT2D eigenvalue weighted by molar-refractivity contribution is 0.0751. The number of nitrogen functional groups attached to an aromatic ring is 1. The van der Waals surface area contributed by atoms with Crippen molar-refractivity contribution in [2.75, 3.05) is 5.73 Å². The third kappa shape index (κ3) is 1.86. The fourth-order valence-corrected chi connectivity index (χ4v) is 1.80. The lowest BCUT2D eigenvalue weighted by Gasteiger charge is -2.19. The highest BCUT2D eigenvalue weighted by atomic mass is 16.3. The van der Waals surface area contributed by atoms with E-state index in [0.717, 1.165) is 10.9 Å². The fraction of sp³-hybridized carbons (Fsp3) is 0.308. The lowest BCUT2D eigenvalue weighted by Crippen LogP contribution is -2.19. The van der Waals surface area contributed by atoms with Crippen molar-refractivity contribution in [2.45, 2.75) is 26.4 Å². The van der Waals surface area contributed by atoms with Crippen molar-refractivity contribution >= 4 is 16.6 Å². The van der Waals surface area contributed by atoms with Gasteiger partial charge in [0.05, 0.1) is 16.9 Å². The zero-order chi connectivity index (χ0) is 11.9. The number of hydrogen-bond acceptors (Lipinski definition) is 3. The summed E-state index contributed by atoms with van der Waals surface area (Å²) in [7, 11) is 0. The first-order valence-electron chi connectivity index (χ1n) is 5.27. The summed E-state index contributed by atoms with van der Waals surface area (Å²) >= 11 is 0. The van der Waals surface area contributed by atoms with Gasteiger partial charge in [-0.05, 0) is 39.0 Å². The zero-order valence-corrected chi connectivity index (χ0v) is 9.78. The van der Waals surface area contributed by atoms with Crippen molar-refractivity contribution in [3.05, 3.63) is 35.5 Å². The highest BCUT2D eigenvalue weighted by Crippen LogP contribution is 2.27. The molecule has 0 spiro atoms. The summed E-state index contributed by atoms with van der Waals surface area (Å²) in [4.78, 5) is 4.41. The minimum absolute atomic E-state index is 0.531. The molecule has 2 aromatic rings. The van der Waals surface area contributed by atoms with Crippen LogP contribution in [0.15, 0.2) is 24.3 Å². The standard InChI is InChI=1S/C13H16N2O/c1-8-4-5-11-9(6-8)7-10(14)12(15-11)13(2,3)16/h4-7,16H,14H2,1-3H3. The van der Waals surface area contributed by atoms with Gasteiger partial charge in [-0.2, -0.15) is 0 Å². The maximum Gasteiger partial charge on any atom is 0.103 e. The van der Waals surface area contributed by atoms with Gasteiger partial charge in [0.1, 0.15) is 5.60 Å². The second kappa shape index (κ2) is 3.46. The van der Waals surface area contributed by atoms with Crippen molar-refractivity contribution in [3.8, 4) is 0 Å². The molecule has 0 atom stereocenters. The van der Waals surface area contributed by atoms with Gasteiger partial charge in [-0.25, -0.2) is 4.98 Å². The second-order valence-corrected chi connectivity index (χ2v) is 4.68. The number of nitrogens with two attached hydrogens (primary N) is 1. The van der Waals surface area contributed by atoms with Crippen molar-refractivity contribution in [1.29, 1.82) is 0 Å². The molecule has 3 N–H and O–H groups in total. The van der Waals surface area contributed by atoms with E-state index in [1.807, 2.05) is 31.2 Å². The normalized spacial score (nSPS) is 12.0. The minimum Gasteiger partial charge on any atom is -0.397 e. The average molecular weight is 216 g/mol. The molecule has 1 heterocycles. The summed E-state index contributed by atoms with van der Waals surface area (Å²) in [6.07, 6.45) is 0. The first-order chi connectivity index (χ1) is 7.38. The van der Waals surface area contributed by atoms with Crippen LogP contribution in [-0.4, -0.2) is 10.1 Å². The zero-order valence-electron chi connectivity index (χ0n) is 9.78. The van der Waals surface area contributed by atoms with Crippen LogP contribution in [0.4, 0.5) is 5.69 Å². The van der Waals surface area contributed by atoms with E-state index in [-0.39, 0.29) is 0 Å². The topological polar surface area (TPSA) is 59.1 Å². The molecule has 0 aliphatic carbocycles. The highest BCUT2D eigenvalue weighted by molar-refractivity contribution is 5.83. The Labute approximate surface area is 94.9 Å². The Balaban J connectivity index is 2.72. The Morgan fingerprint density at radius 1 is 1.25 bits per heavy atom. The van der Waals surface area contributed by atoms with Crippen LogP contribution in [0, 0.1) is 6.92 Å². The molecule has 0 bridgehead atoms. The quantitative estimate of drug-likeness (QED) is 0.769. The molecule has 16 heavy (non-hydrogen) atoms. The molecule has 0 unspecified atom stereocenters. The van der Waals surface area contributed by atoms with Crippen LogP contribution in [0.25, 0.3) is 10.9 Å². The number of hydrogen-bond donors (Lipinski definition) is 2. The van der Waals surface area contributed by atoms with Crippen LogP contribution >= 0.6 is 0 Å². The van der Waals surface area contributed by atoms with Crippen LogP contribution in [0.5, 0.6) is 0 Å². The maximum absolute atomic E-state index is 9.94. The second-order valence-electron chi connectivity index (χ2n) is 4.68. The molecule has 3 heteroatoms. The third-order valence-electron chi connectivity index (χ3n) is 2.58. The SMILES string of the molecule is Cc1ccc2nc(C(C)(C)O)c(N)cc2c1. The van der Waals surface area contributed by atoms with E-state index in [4.69, 9.17) is 5.73 Å². The first kappa shape index (κ1) is 10.9. The monoisotopic (exact) mass is 216 g/mol. The first-order valence-corrected chi connectivity index (χ1v) is 5.27. The Bertz CT molecular complexity index is 541. The highest BCUT2D eigenvalue weighted by Gasteiger charge is 2.21. The minimum atomic E-state index is -1.01. The number of rotatable bonds is 1. The Morgan fingerprint density at radius 2 is 1.94 bits per heavy atom. The molecule has 0 radical (unpaired) electrons. The summed E-state index contributed by atoms with van der Waals surface area (Å²) in [6, 6.07) is 7.84. The number of fused-ring (bicyclic) bond motifs is 1. The van der Waals surface area contributed by atoms with E-state index in [1.54, 1.807) is 13.8 Å². The number of anilines is 1. The third-order valence-corrected chi connectivity index (χ3v) is 2.58. The van der Waals surface area contributed by atoms with Gasteiger partial charge in [-0.15, -0.1) is 0 Å². The van der Waals surface area contributed by atoms with Crippen LogP contribution < -0.4 is 5.73 Å². The average Bonchev–Trinajstić information content (AvgIpc) is 2.14. The molecule has 0 aliphatic rings. The van der Waals surface area contributed by atoms with E-state index >= 15 is 0 Å². The molecular weight excluding hydrogens is 200 g/mol. The van der Waals surface area contributed by atoms with Crippen molar-refractivity contribution in [3.63, 3.8) is 0 Å². The van der Waals surface area contributed by atoms with Crippen molar-refractivity contribution in [2.24, 2.45) is 0 Å². The fourth-order valence-electron chi connectivity index (χ4n) is 1.80. The van der Waals surface area contributed by atoms with Gasteiger partial charge >= 0.3 is 0 Å². The van der Waals surface area contributed by atoms with Crippen LogP contribution in [0.2, 0.25) is 0 Å². The van der Waals surface area contributed by atoms with Crippen molar-refractivity contribution < 1.29 is 5.11 Å². The smallest absolute Gasteiger partial charge is 0.103 e. The summed E-state index contributed by atoms with van der Waals surface area (Å²) in [5, 5.41) is 10.9. The van der Waals surface area contributed by atoms with Gasteiger partial charge in [0.15, 0.2) is 0 Å². The number of aryl methyl sites for hydroxylation is 1. The molecule has 0 saturated carbocycles. The van der Waals surface area contributed by atoms with Gasteiger partial charge in [-0.3, -0.25) is 0 Å². The number of aliphatic hydroxyl groups is 1. The van der Waals surface area contributed by atoms with E-state index in [1.165, 1.54) is 5.56 Å². The van der Waals surface area contributed by atoms with Crippen LogP contribution in [-0.2, 0) is 5.60 Å². The van der Waals surface area contributed by atoms with E-state index in [0.29, 0.717) is 11.4 Å². The Kier molecular flexibility index (Phi) is 2.35. The van der Waals surface area contributed by atoms with Gasteiger partial charge in [0.2, 0.25) is 0 Å². The van der Waals surface area contributed by atoms with E-state index < -0.39 is 5.60 Å². The van der Waals surface area contributed by atoms with Gasteiger partial charge in [-0.1, -0.05) is 11.6 Å². The molecule has 0 aliphatic heterocycles. The molecule has 2 rings (SSSR count). The molecule has 0 saturated heterocycles. The number of nitrogens with zero attached hydrogens (tertiary/aromatic N) is 1. The molecule has 0 fully saturated rings. The van der Waals surface area contributed by atoms with Crippen LogP contribution in [0.3, 0.4) is 0 Å². The molecule has 1 aromatic heterocycles. The Morgan fingerprint density at radius 3 is 2.56 bits per heavy atom. The number of aromatic nitrogens is 1. The number of benzene rings is 1. The molecule has 1 aromatic carbocycles. The summed E-state index contributed by atoms with van der Waals surface area (Å²) in [5.41, 5.74) is 7.98. The van der Waals surface area contributed by atoms with Gasteiger partial charge in [0, 0.05) is 5.39 Å². The predicted octanol–water partition coefficient (Wildman–Crippen LogP) is 2.35. The summed E-state index contributed by atoms with van der Waals surface area (Å²) in [6.45, 7) is 5.40. The maximum atomic E-state index is 9.94. The Hall–Kier alpha value is -1.61. The lowest BCUT2D eigenvalue weighted by atomic mass is 10.0. The predicted molar refractivity (Wildman–Crippen MR) is 66.1 cm³/mol. The largest absolute Gasteiger partial charge is 0.397 e. The molecule has 84 valence electrons. The van der Waals surface area contributed by atoms with Crippen LogP contribution in [0.1, 0.15) is 25.1 Å². The molecule has 3 nitrogen and oxygen atoms in total. The van der Waals surface area contributed by atoms with E-state index in [9.17, 15) is 5.11 Å². The van der Waals surface area contributed by atoms with E-state index in [2.05, 4.69) is 4.98 Å². The molecular formula is C13H16N2O.